The van der Waals surface area contributed by atoms with Gasteiger partial charge in [-0.25, -0.2) is 0 Å². The summed E-state index contributed by atoms with van der Waals surface area (Å²) >= 11 is 5.16. The average molecular weight is 354 g/mol. The third-order valence-corrected chi connectivity index (χ3v) is 3.84. The molecule has 0 saturated heterocycles. The summed E-state index contributed by atoms with van der Waals surface area (Å²) in [5.74, 6) is 1.95. The third kappa shape index (κ3) is 3.95. The molecule has 128 valence electrons. The SMILES string of the molecule is COc1cccc(/C=N\n2c(C)n[nH]c2=S)c1OCc1ccccc1. The molecule has 1 N–H and O–H groups in total. The maximum Gasteiger partial charge on any atom is 0.216 e. The van der Waals surface area contributed by atoms with Gasteiger partial charge in [-0.2, -0.15) is 14.9 Å². The van der Waals surface area contributed by atoms with Gasteiger partial charge in [-0.3, -0.25) is 5.10 Å². The van der Waals surface area contributed by atoms with Crippen molar-refractivity contribution in [3.63, 3.8) is 0 Å². The Bertz CT molecular complexity index is 932. The van der Waals surface area contributed by atoms with E-state index >= 15 is 0 Å². The molecule has 7 heteroatoms. The Kier molecular flexibility index (Phi) is 5.25. The minimum atomic E-state index is 0.434. The second-order valence-electron chi connectivity index (χ2n) is 5.29. The van der Waals surface area contributed by atoms with E-state index in [-0.39, 0.29) is 0 Å². The first-order valence-electron chi connectivity index (χ1n) is 7.71. The summed E-state index contributed by atoms with van der Waals surface area (Å²) in [6, 6.07) is 15.6. The molecule has 1 aromatic heterocycles. The third-order valence-electron chi connectivity index (χ3n) is 3.58. The van der Waals surface area contributed by atoms with Crippen LogP contribution < -0.4 is 9.47 Å². The Balaban J connectivity index is 1.90. The fraction of sp³-hybridized carbons (Fsp3) is 0.167. The number of rotatable bonds is 6. The molecule has 0 aliphatic heterocycles. The highest BCUT2D eigenvalue weighted by molar-refractivity contribution is 7.71. The predicted octanol–water partition coefficient (Wildman–Crippen LogP) is 3.72. The molecule has 0 fully saturated rings. The van der Waals surface area contributed by atoms with E-state index in [0.717, 1.165) is 11.1 Å². The number of benzene rings is 2. The van der Waals surface area contributed by atoms with Crippen LogP contribution in [0, 0.1) is 11.7 Å². The topological polar surface area (TPSA) is 64.4 Å². The van der Waals surface area contributed by atoms with Crippen LogP contribution >= 0.6 is 12.2 Å². The number of ether oxygens (including phenoxy) is 2. The number of nitrogens with zero attached hydrogens (tertiary/aromatic N) is 3. The second kappa shape index (κ2) is 7.76. The fourth-order valence-corrected chi connectivity index (χ4v) is 2.53. The zero-order valence-corrected chi connectivity index (χ0v) is 14.8. The van der Waals surface area contributed by atoms with Crippen molar-refractivity contribution in [2.45, 2.75) is 13.5 Å². The molecule has 25 heavy (non-hydrogen) atoms. The van der Waals surface area contributed by atoms with Crippen molar-refractivity contribution in [1.29, 1.82) is 0 Å². The van der Waals surface area contributed by atoms with E-state index < -0.39 is 0 Å². The number of H-pyrrole nitrogens is 1. The molecule has 6 nitrogen and oxygen atoms in total. The maximum atomic E-state index is 6.00. The lowest BCUT2D eigenvalue weighted by Crippen LogP contribution is -2.02. The number of methoxy groups -OCH3 is 1. The van der Waals surface area contributed by atoms with Crippen LogP contribution in [0.5, 0.6) is 11.5 Å². The van der Waals surface area contributed by atoms with Gasteiger partial charge < -0.3 is 9.47 Å². The van der Waals surface area contributed by atoms with E-state index in [2.05, 4.69) is 15.3 Å². The highest BCUT2D eigenvalue weighted by Gasteiger charge is 2.10. The van der Waals surface area contributed by atoms with Crippen molar-refractivity contribution >= 4 is 18.4 Å². The van der Waals surface area contributed by atoms with Crippen molar-refractivity contribution in [2.75, 3.05) is 7.11 Å². The van der Waals surface area contributed by atoms with E-state index in [1.54, 1.807) is 18.0 Å². The molecule has 0 unspecified atom stereocenters. The number of aromatic amines is 1. The highest BCUT2D eigenvalue weighted by atomic mass is 32.1. The first-order chi connectivity index (χ1) is 12.2. The quantitative estimate of drug-likeness (QED) is 0.541. The molecule has 0 aliphatic carbocycles. The van der Waals surface area contributed by atoms with Crippen LogP contribution in [0.4, 0.5) is 0 Å². The number of hydrogen-bond acceptors (Lipinski definition) is 5. The number of para-hydroxylation sites is 1. The summed E-state index contributed by atoms with van der Waals surface area (Å²) in [6.45, 7) is 2.26. The van der Waals surface area contributed by atoms with Gasteiger partial charge in [-0.15, -0.1) is 0 Å². The van der Waals surface area contributed by atoms with Crippen molar-refractivity contribution in [3.8, 4) is 11.5 Å². The summed E-state index contributed by atoms with van der Waals surface area (Å²) in [5.41, 5.74) is 1.86. The molecule has 0 radical (unpaired) electrons. The van der Waals surface area contributed by atoms with Gasteiger partial charge in [-0.05, 0) is 36.8 Å². The summed E-state index contributed by atoms with van der Waals surface area (Å²) in [7, 11) is 1.61. The molecular weight excluding hydrogens is 336 g/mol. The molecule has 3 rings (SSSR count). The highest BCUT2D eigenvalue weighted by Crippen LogP contribution is 2.30. The number of hydrogen-bond donors (Lipinski definition) is 1. The molecule has 1 heterocycles. The summed E-state index contributed by atoms with van der Waals surface area (Å²) < 4.78 is 13.4. The van der Waals surface area contributed by atoms with E-state index in [9.17, 15) is 0 Å². The standard InChI is InChI=1S/C18H18N4O2S/c1-13-20-21-18(25)22(13)19-11-15-9-6-10-16(23-2)17(15)24-12-14-7-4-3-5-8-14/h3-11H,12H2,1-2H3,(H,21,25)/b19-11-. The predicted molar refractivity (Wildman–Crippen MR) is 98.9 cm³/mol. The Labute approximate surface area is 150 Å². The van der Waals surface area contributed by atoms with Crippen LogP contribution in [-0.4, -0.2) is 28.2 Å². The van der Waals surface area contributed by atoms with E-state index in [1.807, 2.05) is 55.5 Å². The van der Waals surface area contributed by atoms with Crippen LogP contribution in [0.25, 0.3) is 0 Å². The molecule has 0 bridgehead atoms. The van der Waals surface area contributed by atoms with Gasteiger partial charge in [0.25, 0.3) is 0 Å². The minimum absolute atomic E-state index is 0.434. The lowest BCUT2D eigenvalue weighted by molar-refractivity contribution is 0.284. The minimum Gasteiger partial charge on any atom is -0.493 e. The van der Waals surface area contributed by atoms with Crippen LogP contribution in [-0.2, 0) is 6.61 Å². The monoisotopic (exact) mass is 354 g/mol. The molecular formula is C18H18N4O2S. The fourth-order valence-electron chi connectivity index (χ4n) is 2.31. The van der Waals surface area contributed by atoms with E-state index in [1.165, 1.54) is 0 Å². The lowest BCUT2D eigenvalue weighted by atomic mass is 10.2. The zero-order valence-electron chi connectivity index (χ0n) is 14.0. The molecule has 0 aliphatic rings. The van der Waals surface area contributed by atoms with Gasteiger partial charge in [0.05, 0.1) is 13.3 Å². The number of nitrogens with one attached hydrogen (secondary N) is 1. The van der Waals surface area contributed by atoms with Crippen molar-refractivity contribution in [1.82, 2.24) is 14.9 Å². The van der Waals surface area contributed by atoms with Crippen LogP contribution in [0.3, 0.4) is 0 Å². The first kappa shape index (κ1) is 16.9. The molecule has 0 spiro atoms. The second-order valence-corrected chi connectivity index (χ2v) is 5.67. The van der Waals surface area contributed by atoms with Crippen LogP contribution in [0.2, 0.25) is 0 Å². The Morgan fingerprint density at radius 3 is 2.68 bits per heavy atom. The van der Waals surface area contributed by atoms with Crippen LogP contribution in [0.15, 0.2) is 53.6 Å². The van der Waals surface area contributed by atoms with E-state index in [4.69, 9.17) is 21.7 Å². The Hall–Kier alpha value is -2.93. The largest absolute Gasteiger partial charge is 0.493 e. The zero-order chi connectivity index (χ0) is 17.6. The molecule has 3 aromatic rings. The van der Waals surface area contributed by atoms with Gasteiger partial charge in [0, 0.05) is 5.56 Å². The maximum absolute atomic E-state index is 6.00. The van der Waals surface area contributed by atoms with Gasteiger partial charge in [-0.1, -0.05) is 36.4 Å². The summed E-state index contributed by atoms with van der Waals surface area (Å²) in [4.78, 5) is 0. The summed E-state index contributed by atoms with van der Waals surface area (Å²) in [6.07, 6.45) is 1.68. The van der Waals surface area contributed by atoms with Gasteiger partial charge in [0.15, 0.2) is 11.5 Å². The first-order valence-corrected chi connectivity index (χ1v) is 8.12. The Morgan fingerprint density at radius 2 is 2.00 bits per heavy atom. The smallest absolute Gasteiger partial charge is 0.216 e. The normalized spacial score (nSPS) is 11.0. The summed E-state index contributed by atoms with van der Waals surface area (Å²) in [5, 5.41) is 11.1. The van der Waals surface area contributed by atoms with Crippen molar-refractivity contribution in [3.05, 3.63) is 70.3 Å². The van der Waals surface area contributed by atoms with E-state index in [0.29, 0.717) is 28.7 Å². The molecule has 0 amide bonds. The lowest BCUT2D eigenvalue weighted by Gasteiger charge is -2.13. The average Bonchev–Trinajstić information content (AvgIpc) is 2.97. The number of aryl methyl sites for hydroxylation is 1. The molecule has 0 saturated carbocycles. The van der Waals surface area contributed by atoms with Crippen LogP contribution in [0.1, 0.15) is 17.0 Å². The van der Waals surface area contributed by atoms with Crippen molar-refractivity contribution in [2.24, 2.45) is 5.10 Å². The van der Waals surface area contributed by atoms with Gasteiger partial charge in [0.2, 0.25) is 4.77 Å². The number of aromatic nitrogens is 3. The molecule has 0 atom stereocenters. The molecule has 2 aromatic carbocycles. The Morgan fingerprint density at radius 1 is 1.20 bits per heavy atom. The van der Waals surface area contributed by atoms with Gasteiger partial charge >= 0.3 is 0 Å². The van der Waals surface area contributed by atoms with Crippen molar-refractivity contribution < 1.29 is 9.47 Å². The van der Waals surface area contributed by atoms with Gasteiger partial charge in [0.1, 0.15) is 12.4 Å².